The van der Waals surface area contributed by atoms with Gasteiger partial charge in [-0.2, -0.15) is 0 Å². The smallest absolute Gasteiger partial charge is 0.268 e. The maximum absolute atomic E-state index is 13.0. The molecule has 0 saturated heterocycles. The second-order valence-electron chi connectivity index (χ2n) is 24.2. The first kappa shape index (κ1) is 76.2. The van der Waals surface area contributed by atoms with Crippen molar-refractivity contribution in [2.75, 3.05) is 40.9 Å². The maximum Gasteiger partial charge on any atom is 0.268 e. The number of likely N-dealkylation sites (N-methyl/N-ethyl adjacent to an activating group) is 1. The van der Waals surface area contributed by atoms with Crippen LogP contribution in [-0.4, -0.2) is 68.5 Å². The van der Waals surface area contributed by atoms with E-state index in [-0.39, 0.29) is 12.5 Å². The van der Waals surface area contributed by atoms with Crippen molar-refractivity contribution in [3.63, 3.8) is 0 Å². The van der Waals surface area contributed by atoms with Gasteiger partial charge in [0.05, 0.1) is 39.9 Å². The van der Waals surface area contributed by atoms with Crippen LogP contribution in [0.2, 0.25) is 0 Å². The minimum atomic E-state index is -4.60. The zero-order valence-electron chi connectivity index (χ0n) is 52.4. The number of rotatable bonds is 62. The van der Waals surface area contributed by atoms with E-state index in [0.29, 0.717) is 17.4 Å². The van der Waals surface area contributed by atoms with Gasteiger partial charge in [-0.15, -0.1) is 0 Å². The van der Waals surface area contributed by atoms with Gasteiger partial charge in [-0.3, -0.25) is 9.36 Å². The van der Waals surface area contributed by atoms with Gasteiger partial charge in [0.25, 0.3) is 7.82 Å². The Hall–Kier alpha value is -1.80. The van der Waals surface area contributed by atoms with Crippen LogP contribution in [0.4, 0.5) is 0 Å². The molecule has 78 heavy (non-hydrogen) atoms. The van der Waals surface area contributed by atoms with E-state index in [1.165, 1.54) is 250 Å². The molecule has 0 fully saturated rings. The van der Waals surface area contributed by atoms with Crippen LogP contribution in [0.3, 0.4) is 0 Å². The Kier molecular flexibility index (Phi) is 58.4. The minimum Gasteiger partial charge on any atom is -0.756 e. The summed E-state index contributed by atoms with van der Waals surface area (Å²) in [6.07, 6.45) is 82.1. The first-order chi connectivity index (χ1) is 38.0. The second-order valence-corrected chi connectivity index (χ2v) is 25.6. The number of phosphoric ester groups is 1. The minimum absolute atomic E-state index is 0.00561. The lowest BCUT2D eigenvalue weighted by atomic mass is 10.0. The monoisotopic (exact) mass is 1110 g/mol. The molecule has 0 spiro atoms. The number of quaternary nitrogens is 1. The standard InChI is InChI=1S/C69H131N2O6P/c1-6-8-10-12-14-16-18-20-22-23-24-25-26-27-28-29-30-31-32-33-34-35-36-37-38-39-40-41-42-43-44-45-46-47-49-51-53-55-57-59-61-63-69(73)70-67(66-77-78(74,75)76-65-64-71(3,4)5)68(72)62-60-58-56-54-52-50-48-21-19-17-15-13-11-9-7-2/h18,20,23-24,26-27,52,54,60,62,67-68,72H,6-17,19,21-22,25,28-51,53,55-59,61,63-66H2,1-5H3,(H-,70,73,74,75)/b20-18-,24-23-,27-26-,54-52+,62-60+. The number of amides is 1. The molecule has 0 aromatic carbocycles. The molecule has 0 aliphatic carbocycles. The average Bonchev–Trinajstić information content (AvgIpc) is 3.41. The number of aliphatic hydroxyl groups excluding tert-OH is 1. The lowest BCUT2D eigenvalue weighted by molar-refractivity contribution is -0.870. The molecule has 0 aromatic rings. The summed E-state index contributed by atoms with van der Waals surface area (Å²) in [4.78, 5) is 25.5. The van der Waals surface area contributed by atoms with Gasteiger partial charge in [0.1, 0.15) is 13.2 Å². The number of allylic oxidation sites excluding steroid dienone is 9. The molecule has 2 N–H and O–H groups in total. The molecule has 0 aliphatic heterocycles. The number of phosphoric acid groups is 1. The molecule has 458 valence electrons. The van der Waals surface area contributed by atoms with Crippen LogP contribution in [0.15, 0.2) is 60.8 Å². The molecule has 8 nitrogen and oxygen atoms in total. The van der Waals surface area contributed by atoms with E-state index in [1.807, 2.05) is 27.2 Å². The summed E-state index contributed by atoms with van der Waals surface area (Å²) >= 11 is 0. The van der Waals surface area contributed by atoms with Gasteiger partial charge in [-0.05, 0) is 70.6 Å². The summed E-state index contributed by atoms with van der Waals surface area (Å²) in [5.74, 6) is -0.203. The van der Waals surface area contributed by atoms with Gasteiger partial charge in [0, 0.05) is 6.42 Å². The van der Waals surface area contributed by atoms with Crippen molar-refractivity contribution >= 4 is 13.7 Å². The molecule has 0 saturated carbocycles. The van der Waals surface area contributed by atoms with E-state index in [2.05, 4.69) is 67.8 Å². The first-order valence-electron chi connectivity index (χ1n) is 33.7. The molecule has 0 radical (unpaired) electrons. The maximum atomic E-state index is 13.0. The predicted molar refractivity (Wildman–Crippen MR) is 339 cm³/mol. The molecule has 9 heteroatoms. The highest BCUT2D eigenvalue weighted by Crippen LogP contribution is 2.38. The Morgan fingerprint density at radius 3 is 1.13 bits per heavy atom. The molecule has 0 heterocycles. The predicted octanol–water partition coefficient (Wildman–Crippen LogP) is 20.6. The van der Waals surface area contributed by atoms with Crippen molar-refractivity contribution in [3.8, 4) is 0 Å². The number of unbranched alkanes of at least 4 members (excludes halogenated alkanes) is 41. The van der Waals surface area contributed by atoms with Gasteiger partial charge in [-0.1, -0.05) is 306 Å². The lowest BCUT2D eigenvalue weighted by Gasteiger charge is -2.29. The van der Waals surface area contributed by atoms with Crippen molar-refractivity contribution in [2.24, 2.45) is 0 Å². The Bertz CT molecular complexity index is 1450. The van der Waals surface area contributed by atoms with Crippen LogP contribution in [-0.2, 0) is 18.4 Å². The van der Waals surface area contributed by atoms with E-state index in [4.69, 9.17) is 9.05 Å². The fourth-order valence-electron chi connectivity index (χ4n) is 9.94. The van der Waals surface area contributed by atoms with E-state index in [9.17, 15) is 19.4 Å². The Morgan fingerprint density at radius 1 is 0.449 bits per heavy atom. The number of nitrogens with zero attached hydrogens (tertiary/aromatic N) is 1. The lowest BCUT2D eigenvalue weighted by Crippen LogP contribution is -2.45. The molecular formula is C69H131N2O6P. The number of carbonyl (C=O) groups excluding carboxylic acids is 1. The van der Waals surface area contributed by atoms with Crippen LogP contribution < -0.4 is 10.2 Å². The van der Waals surface area contributed by atoms with E-state index in [1.54, 1.807) is 6.08 Å². The van der Waals surface area contributed by atoms with Crippen LogP contribution in [0, 0.1) is 0 Å². The quantitative estimate of drug-likeness (QED) is 0.0272. The van der Waals surface area contributed by atoms with Crippen LogP contribution >= 0.6 is 7.82 Å². The van der Waals surface area contributed by atoms with Crippen LogP contribution in [0.25, 0.3) is 0 Å². The molecule has 0 aliphatic rings. The van der Waals surface area contributed by atoms with Crippen molar-refractivity contribution < 1.29 is 32.9 Å². The summed E-state index contributed by atoms with van der Waals surface area (Å²) in [5, 5.41) is 13.9. The normalized spacial score (nSPS) is 14.1. The molecular weight excluding hydrogens is 984 g/mol. The van der Waals surface area contributed by atoms with Gasteiger partial charge in [0.15, 0.2) is 0 Å². The number of hydrogen-bond donors (Lipinski definition) is 2. The third-order valence-electron chi connectivity index (χ3n) is 15.2. The number of aliphatic hydroxyl groups is 1. The highest BCUT2D eigenvalue weighted by atomic mass is 31.2. The molecule has 1 amide bonds. The fourth-order valence-corrected chi connectivity index (χ4v) is 10.7. The number of hydrogen-bond acceptors (Lipinski definition) is 6. The van der Waals surface area contributed by atoms with Crippen LogP contribution in [0.1, 0.15) is 322 Å². The van der Waals surface area contributed by atoms with Gasteiger partial charge < -0.3 is 28.8 Å². The van der Waals surface area contributed by atoms with E-state index < -0.39 is 26.6 Å². The molecule has 0 aromatic heterocycles. The molecule has 0 bridgehead atoms. The largest absolute Gasteiger partial charge is 0.756 e. The zero-order valence-corrected chi connectivity index (χ0v) is 53.3. The highest BCUT2D eigenvalue weighted by Gasteiger charge is 2.23. The fraction of sp³-hybridized carbons (Fsp3) is 0.841. The van der Waals surface area contributed by atoms with Gasteiger partial charge >= 0.3 is 0 Å². The Labute approximate surface area is 485 Å². The second kappa shape index (κ2) is 59.8. The van der Waals surface area contributed by atoms with Crippen molar-refractivity contribution in [1.82, 2.24) is 5.32 Å². The summed E-state index contributed by atoms with van der Waals surface area (Å²) in [6, 6.07) is -0.903. The zero-order chi connectivity index (χ0) is 57.0. The Balaban J connectivity index is 3.89. The summed E-state index contributed by atoms with van der Waals surface area (Å²) in [7, 11) is 1.25. The van der Waals surface area contributed by atoms with E-state index >= 15 is 0 Å². The third-order valence-corrected chi connectivity index (χ3v) is 16.2. The number of carbonyl (C=O) groups is 1. The van der Waals surface area contributed by atoms with Crippen molar-refractivity contribution in [3.05, 3.63) is 60.8 Å². The molecule has 3 unspecified atom stereocenters. The van der Waals surface area contributed by atoms with Crippen LogP contribution in [0.5, 0.6) is 0 Å². The number of nitrogens with one attached hydrogen (secondary N) is 1. The van der Waals surface area contributed by atoms with E-state index in [0.717, 1.165) is 51.4 Å². The van der Waals surface area contributed by atoms with Gasteiger partial charge in [0.2, 0.25) is 5.91 Å². The first-order valence-corrected chi connectivity index (χ1v) is 35.1. The topological polar surface area (TPSA) is 108 Å². The van der Waals surface area contributed by atoms with Crippen molar-refractivity contribution in [1.29, 1.82) is 0 Å². The molecule has 3 atom stereocenters. The van der Waals surface area contributed by atoms with Crippen molar-refractivity contribution in [2.45, 2.75) is 334 Å². The average molecular weight is 1120 g/mol. The van der Waals surface area contributed by atoms with Gasteiger partial charge in [-0.25, -0.2) is 0 Å². The summed E-state index contributed by atoms with van der Waals surface area (Å²) in [5.41, 5.74) is 0. The Morgan fingerprint density at radius 2 is 0.756 bits per heavy atom. The highest BCUT2D eigenvalue weighted by molar-refractivity contribution is 7.45. The molecule has 0 rings (SSSR count). The SMILES string of the molecule is CCCCCCC/C=C\C/C=C\C/C=C\CCCCCCCCCCCCCCCCCCCCCCCCCCCCC(=O)NC(COP(=O)([O-])OCC[N+](C)(C)C)C(O)/C=C/CC/C=C/CCCCCCCCCCC. The third kappa shape index (κ3) is 61.8. The summed E-state index contributed by atoms with van der Waals surface area (Å²) < 4.78 is 23.3. The summed E-state index contributed by atoms with van der Waals surface area (Å²) in [6.45, 7) is 4.64.